The summed E-state index contributed by atoms with van der Waals surface area (Å²) >= 11 is 0. The van der Waals surface area contributed by atoms with Crippen molar-refractivity contribution in [2.24, 2.45) is 5.92 Å². The van der Waals surface area contributed by atoms with Crippen LogP contribution in [0.2, 0.25) is 0 Å². The van der Waals surface area contributed by atoms with Gasteiger partial charge in [0.05, 0.1) is 11.6 Å². The Morgan fingerprint density at radius 1 is 1.33 bits per heavy atom. The maximum atomic E-state index is 13.0. The fourth-order valence-corrected chi connectivity index (χ4v) is 2.73. The summed E-state index contributed by atoms with van der Waals surface area (Å²) in [6.07, 6.45) is 0.240. The van der Waals surface area contributed by atoms with Crippen LogP contribution in [0.3, 0.4) is 0 Å². The van der Waals surface area contributed by atoms with E-state index in [1.54, 1.807) is 0 Å². The Kier molecular flexibility index (Phi) is 4.35. The number of benzene rings is 1. The van der Waals surface area contributed by atoms with Crippen molar-refractivity contribution >= 4 is 27.4 Å². The van der Waals surface area contributed by atoms with Crippen molar-refractivity contribution in [3.63, 3.8) is 0 Å². The summed E-state index contributed by atoms with van der Waals surface area (Å²) in [5.74, 6) is -11.0. The molecule has 1 fully saturated rings. The van der Waals surface area contributed by atoms with E-state index in [4.69, 9.17) is 10.3 Å². The van der Waals surface area contributed by atoms with Crippen LogP contribution in [0, 0.1) is 5.92 Å². The van der Waals surface area contributed by atoms with Gasteiger partial charge in [0.2, 0.25) is 5.91 Å². The number of amides is 1. The van der Waals surface area contributed by atoms with Gasteiger partial charge in [0, 0.05) is 12.1 Å². The molecule has 6 nitrogen and oxygen atoms in total. The first kappa shape index (κ1) is 18.2. The molecule has 4 N–H and O–H groups in total. The van der Waals surface area contributed by atoms with Crippen LogP contribution >= 0.6 is 0 Å². The first-order valence-electron chi connectivity index (χ1n) is 6.46. The van der Waals surface area contributed by atoms with Gasteiger partial charge in [-0.1, -0.05) is 6.08 Å². The van der Waals surface area contributed by atoms with Crippen molar-refractivity contribution < 1.29 is 35.3 Å². The minimum atomic E-state index is -4.62. The number of hydrogen-bond acceptors (Lipinski definition) is 4. The molecule has 0 radical (unpaired) electrons. The smallest absolute Gasteiger partial charge is 0.316 e. The van der Waals surface area contributed by atoms with Gasteiger partial charge in [-0.2, -0.15) is 26.0 Å². The third-order valence-corrected chi connectivity index (χ3v) is 4.38. The maximum Gasteiger partial charge on any atom is 0.316 e. The van der Waals surface area contributed by atoms with Gasteiger partial charge in [-0.25, -0.2) is 0 Å². The summed E-state index contributed by atoms with van der Waals surface area (Å²) in [7, 11) is -4.62. The highest BCUT2D eigenvalue weighted by molar-refractivity contribution is 7.86. The molecule has 1 aromatic rings. The molecule has 1 unspecified atom stereocenters. The van der Waals surface area contributed by atoms with Gasteiger partial charge in [0.1, 0.15) is 4.90 Å². The number of nitrogen functional groups attached to an aromatic ring is 1. The van der Waals surface area contributed by atoms with E-state index < -0.39 is 45.1 Å². The SMILES string of the molecule is Nc1ccc(NC(=O)C=CC2CC(F)(F)C2(F)F)cc1S(=O)(=O)O. The van der Waals surface area contributed by atoms with Crippen LogP contribution < -0.4 is 11.1 Å². The average Bonchev–Trinajstić information content (AvgIpc) is 2.44. The van der Waals surface area contributed by atoms with Gasteiger partial charge in [-0.05, 0) is 24.3 Å². The zero-order chi connectivity index (χ0) is 18.3. The third-order valence-electron chi connectivity index (χ3n) is 3.47. The molecular formula is C13H12F4N2O4S. The van der Waals surface area contributed by atoms with Crippen molar-refractivity contribution in [3.05, 3.63) is 30.4 Å². The van der Waals surface area contributed by atoms with E-state index in [9.17, 15) is 30.8 Å². The van der Waals surface area contributed by atoms with Crippen LogP contribution in [0.4, 0.5) is 28.9 Å². The fraction of sp³-hybridized carbons (Fsp3) is 0.308. The summed E-state index contributed by atoms with van der Waals surface area (Å²) in [4.78, 5) is 11.0. The predicted molar refractivity (Wildman–Crippen MR) is 76.4 cm³/mol. The van der Waals surface area contributed by atoms with E-state index >= 15 is 0 Å². The molecule has 0 aromatic heterocycles. The number of anilines is 2. The lowest BCUT2D eigenvalue weighted by molar-refractivity contribution is -0.301. The molecule has 1 atom stereocenters. The number of allylic oxidation sites excluding steroid dienone is 1. The first-order valence-corrected chi connectivity index (χ1v) is 7.90. The topological polar surface area (TPSA) is 109 Å². The highest BCUT2D eigenvalue weighted by Gasteiger charge is 2.70. The van der Waals surface area contributed by atoms with Crippen LogP contribution in [0.5, 0.6) is 0 Å². The van der Waals surface area contributed by atoms with E-state index in [1.165, 1.54) is 6.07 Å². The Hall–Kier alpha value is -2.14. The molecule has 2 rings (SSSR count). The summed E-state index contributed by atoms with van der Waals surface area (Å²) in [6, 6.07) is 3.17. The van der Waals surface area contributed by atoms with Gasteiger partial charge in [0.25, 0.3) is 10.1 Å². The second-order valence-electron chi connectivity index (χ2n) is 5.21. The van der Waals surface area contributed by atoms with Crippen LogP contribution in [0.15, 0.2) is 35.2 Å². The van der Waals surface area contributed by atoms with E-state index in [0.29, 0.717) is 12.2 Å². The summed E-state index contributed by atoms with van der Waals surface area (Å²) in [5, 5.41) is 2.14. The molecule has 24 heavy (non-hydrogen) atoms. The molecule has 1 aliphatic rings. The van der Waals surface area contributed by atoms with Crippen LogP contribution in [0.1, 0.15) is 6.42 Å². The van der Waals surface area contributed by atoms with Crippen LogP contribution in [-0.2, 0) is 14.9 Å². The monoisotopic (exact) mass is 368 g/mol. The van der Waals surface area contributed by atoms with Gasteiger partial charge < -0.3 is 11.1 Å². The van der Waals surface area contributed by atoms with Crippen molar-refractivity contribution in [2.75, 3.05) is 11.1 Å². The molecule has 0 aliphatic heterocycles. The number of alkyl halides is 4. The zero-order valence-corrected chi connectivity index (χ0v) is 12.7. The lowest BCUT2D eigenvalue weighted by atomic mass is 9.76. The summed E-state index contributed by atoms with van der Waals surface area (Å²) in [5.41, 5.74) is 5.02. The molecule has 0 bridgehead atoms. The second kappa shape index (κ2) is 5.74. The second-order valence-corrected chi connectivity index (χ2v) is 6.60. The molecule has 0 spiro atoms. The van der Waals surface area contributed by atoms with E-state index in [1.807, 2.05) is 0 Å². The Bertz CT molecular complexity index is 808. The van der Waals surface area contributed by atoms with Gasteiger partial charge >= 0.3 is 11.8 Å². The molecule has 132 valence electrons. The van der Waals surface area contributed by atoms with E-state index in [-0.39, 0.29) is 11.4 Å². The largest absolute Gasteiger partial charge is 0.398 e. The first-order chi connectivity index (χ1) is 10.8. The van der Waals surface area contributed by atoms with Crippen molar-refractivity contribution in [2.45, 2.75) is 23.2 Å². The Balaban J connectivity index is 2.08. The lowest BCUT2D eigenvalue weighted by Crippen LogP contribution is -2.57. The molecule has 0 saturated heterocycles. The lowest BCUT2D eigenvalue weighted by Gasteiger charge is -2.42. The van der Waals surface area contributed by atoms with Gasteiger partial charge in [-0.3, -0.25) is 9.35 Å². The quantitative estimate of drug-likeness (QED) is 0.327. The van der Waals surface area contributed by atoms with E-state index in [0.717, 1.165) is 12.1 Å². The van der Waals surface area contributed by atoms with Gasteiger partial charge in [-0.15, -0.1) is 0 Å². The zero-order valence-electron chi connectivity index (χ0n) is 11.8. The summed E-state index contributed by atoms with van der Waals surface area (Å²) < 4.78 is 82.5. The fourth-order valence-electron chi connectivity index (χ4n) is 2.09. The van der Waals surface area contributed by atoms with E-state index in [2.05, 4.69) is 5.32 Å². The highest BCUT2D eigenvalue weighted by atomic mass is 32.2. The molecule has 1 aliphatic carbocycles. The average molecular weight is 368 g/mol. The number of carbonyl (C=O) groups is 1. The normalized spacial score (nSPS) is 22.1. The van der Waals surface area contributed by atoms with Crippen molar-refractivity contribution in [1.29, 1.82) is 0 Å². The Labute approximate surface area is 134 Å². The Morgan fingerprint density at radius 2 is 1.96 bits per heavy atom. The van der Waals surface area contributed by atoms with Crippen molar-refractivity contribution in [1.82, 2.24) is 0 Å². The van der Waals surface area contributed by atoms with Crippen molar-refractivity contribution in [3.8, 4) is 0 Å². The predicted octanol–water partition coefficient (Wildman–Crippen LogP) is 2.30. The molecule has 11 heteroatoms. The molecule has 1 saturated carbocycles. The third kappa shape index (κ3) is 3.36. The minimum absolute atomic E-state index is 0.0859. The van der Waals surface area contributed by atoms with Crippen LogP contribution in [-0.4, -0.2) is 30.7 Å². The number of carbonyl (C=O) groups excluding carboxylic acids is 1. The number of nitrogens with two attached hydrogens (primary N) is 1. The Morgan fingerprint density at radius 3 is 2.46 bits per heavy atom. The number of rotatable bonds is 4. The van der Waals surface area contributed by atoms with Gasteiger partial charge in [0.15, 0.2) is 0 Å². The molecular weight excluding hydrogens is 356 g/mol. The molecule has 0 heterocycles. The summed E-state index contributed by atoms with van der Waals surface area (Å²) in [6.45, 7) is 0. The molecule has 1 amide bonds. The number of nitrogens with one attached hydrogen (secondary N) is 1. The maximum absolute atomic E-state index is 13.0. The highest BCUT2D eigenvalue weighted by Crippen LogP contribution is 2.55. The molecule has 1 aromatic carbocycles. The van der Waals surface area contributed by atoms with Crippen LogP contribution in [0.25, 0.3) is 0 Å². The standard InChI is InChI=1S/C13H12F4N2O4S/c14-12(15)6-7(13(12,16)17)1-4-11(20)19-8-2-3-9(18)10(5-8)24(21,22)23/h1-5,7H,6,18H2,(H,19,20)(H,21,22,23). The number of halogens is 4. The number of hydrogen-bond donors (Lipinski definition) is 3. The minimum Gasteiger partial charge on any atom is -0.398 e.